The maximum atomic E-state index is 13.3. The molecule has 0 atom stereocenters. The number of carbonyl (C=O) groups is 1. The van der Waals surface area contributed by atoms with Crippen molar-refractivity contribution in [3.05, 3.63) is 64.5 Å². The lowest BCUT2D eigenvalue weighted by Gasteiger charge is -2.28. The maximum absolute atomic E-state index is 13.3. The highest BCUT2D eigenvalue weighted by molar-refractivity contribution is 7.07. The molecule has 2 heterocycles. The van der Waals surface area contributed by atoms with E-state index in [0.29, 0.717) is 31.2 Å². The highest BCUT2D eigenvalue weighted by Gasteiger charge is 2.13. The molecule has 1 saturated heterocycles. The molecule has 0 bridgehead atoms. The van der Waals surface area contributed by atoms with E-state index in [9.17, 15) is 9.18 Å². The Bertz CT molecular complexity index is 1160. The van der Waals surface area contributed by atoms with E-state index < -0.39 is 0 Å². The molecule has 186 valence electrons. The Kier molecular flexibility index (Phi) is 9.16. The number of halogens is 2. The average Bonchev–Trinajstić information content (AvgIpc) is 3.29. The number of urea groups is 1. The van der Waals surface area contributed by atoms with Gasteiger partial charge < -0.3 is 24.8 Å². The van der Waals surface area contributed by atoms with Crippen molar-refractivity contribution >= 4 is 40.3 Å². The van der Waals surface area contributed by atoms with Crippen molar-refractivity contribution < 1.29 is 13.9 Å². The summed E-state index contributed by atoms with van der Waals surface area (Å²) in [7, 11) is 0. The van der Waals surface area contributed by atoms with E-state index in [1.807, 2.05) is 0 Å². The molecule has 7 nitrogen and oxygen atoms in total. The summed E-state index contributed by atoms with van der Waals surface area (Å²) >= 11 is 7.15. The topological polar surface area (TPSA) is 70.9 Å². The standard InChI is InChI=1S/C25H29ClFN5O2S/c26-10-12-29-24(33)28-11-1-13-32-23(18-35-25(32)30-21-6-4-20(27)5-7-21)19-2-8-22(9-3-19)31-14-16-34-17-15-31/h2-9,18H,1,10-17H2,(H2,28,29,33)/b30-25-. The van der Waals surface area contributed by atoms with Gasteiger partial charge in [-0.05, 0) is 48.4 Å². The Morgan fingerprint density at radius 1 is 1.06 bits per heavy atom. The van der Waals surface area contributed by atoms with Crippen LogP contribution in [0.15, 0.2) is 58.9 Å². The third-order valence-corrected chi connectivity index (χ3v) is 6.67. The first-order valence-corrected chi connectivity index (χ1v) is 13.0. The fourth-order valence-corrected chi connectivity index (χ4v) is 4.87. The molecule has 2 N–H and O–H groups in total. The van der Waals surface area contributed by atoms with E-state index in [0.717, 1.165) is 48.8 Å². The minimum atomic E-state index is -0.289. The Labute approximate surface area is 213 Å². The predicted octanol–water partition coefficient (Wildman–Crippen LogP) is 4.35. The lowest BCUT2D eigenvalue weighted by molar-refractivity contribution is 0.122. The smallest absolute Gasteiger partial charge is 0.314 e. The monoisotopic (exact) mass is 517 g/mol. The third kappa shape index (κ3) is 7.06. The number of nitrogens with one attached hydrogen (secondary N) is 2. The summed E-state index contributed by atoms with van der Waals surface area (Å²) in [5.41, 5.74) is 4.01. The molecule has 2 aromatic carbocycles. The number of hydrogen-bond donors (Lipinski definition) is 2. The van der Waals surface area contributed by atoms with E-state index in [4.69, 9.17) is 21.3 Å². The van der Waals surface area contributed by atoms with Gasteiger partial charge in [-0.3, -0.25) is 0 Å². The van der Waals surface area contributed by atoms with Crippen LogP contribution in [-0.4, -0.2) is 55.9 Å². The predicted molar refractivity (Wildman–Crippen MR) is 139 cm³/mol. The van der Waals surface area contributed by atoms with Gasteiger partial charge in [0.2, 0.25) is 0 Å². The molecule has 0 unspecified atom stereocenters. The number of thiazole rings is 1. The quantitative estimate of drug-likeness (QED) is 0.327. The van der Waals surface area contributed by atoms with E-state index in [1.54, 1.807) is 12.1 Å². The fraction of sp³-hybridized carbons (Fsp3) is 0.360. The first kappa shape index (κ1) is 25.2. The second-order valence-electron chi connectivity index (χ2n) is 8.01. The second kappa shape index (κ2) is 12.7. The minimum absolute atomic E-state index is 0.226. The van der Waals surface area contributed by atoms with Crippen LogP contribution in [0.5, 0.6) is 0 Å². The molecule has 0 spiro atoms. The van der Waals surface area contributed by atoms with Gasteiger partial charge in [0.15, 0.2) is 4.80 Å². The zero-order valence-corrected chi connectivity index (χ0v) is 21.0. The molecule has 35 heavy (non-hydrogen) atoms. The van der Waals surface area contributed by atoms with Crippen LogP contribution >= 0.6 is 22.9 Å². The van der Waals surface area contributed by atoms with Gasteiger partial charge in [0.1, 0.15) is 5.82 Å². The van der Waals surface area contributed by atoms with Gasteiger partial charge in [0.05, 0.1) is 24.6 Å². The van der Waals surface area contributed by atoms with E-state index >= 15 is 0 Å². The van der Waals surface area contributed by atoms with Gasteiger partial charge in [-0.25, -0.2) is 14.2 Å². The number of alkyl halides is 1. The number of morpholine rings is 1. The Morgan fingerprint density at radius 3 is 2.49 bits per heavy atom. The second-order valence-corrected chi connectivity index (χ2v) is 9.23. The van der Waals surface area contributed by atoms with Crippen LogP contribution in [0.25, 0.3) is 11.3 Å². The zero-order valence-electron chi connectivity index (χ0n) is 19.4. The summed E-state index contributed by atoms with van der Waals surface area (Å²) < 4.78 is 21.0. The molecule has 0 radical (unpaired) electrons. The molecule has 2 amide bonds. The van der Waals surface area contributed by atoms with Crippen molar-refractivity contribution in [3.8, 4) is 11.3 Å². The lowest BCUT2D eigenvalue weighted by atomic mass is 10.1. The summed E-state index contributed by atoms with van der Waals surface area (Å²) in [6, 6.07) is 14.5. The minimum Gasteiger partial charge on any atom is -0.378 e. The van der Waals surface area contributed by atoms with Crippen LogP contribution in [0.2, 0.25) is 0 Å². The van der Waals surface area contributed by atoms with Crippen molar-refractivity contribution in [2.24, 2.45) is 4.99 Å². The van der Waals surface area contributed by atoms with Gasteiger partial charge in [0, 0.05) is 49.7 Å². The van der Waals surface area contributed by atoms with Crippen molar-refractivity contribution in [1.29, 1.82) is 0 Å². The molecular formula is C25H29ClFN5O2S. The summed E-state index contributed by atoms with van der Waals surface area (Å²) in [4.78, 5) is 19.7. The highest BCUT2D eigenvalue weighted by Crippen LogP contribution is 2.25. The van der Waals surface area contributed by atoms with Gasteiger partial charge >= 0.3 is 6.03 Å². The first-order valence-electron chi connectivity index (χ1n) is 11.6. The Hall–Kier alpha value is -2.88. The summed E-state index contributed by atoms with van der Waals surface area (Å²) in [6.45, 7) is 4.89. The molecule has 1 fully saturated rings. The molecule has 1 aliphatic rings. The zero-order chi connectivity index (χ0) is 24.5. The number of benzene rings is 2. The number of aromatic nitrogens is 1. The average molecular weight is 518 g/mol. The van der Waals surface area contributed by atoms with Crippen LogP contribution in [0, 0.1) is 5.82 Å². The summed E-state index contributed by atoms with van der Waals surface area (Å²) in [5.74, 6) is 0.0858. The normalized spacial score (nSPS) is 14.2. The van der Waals surface area contributed by atoms with Crippen LogP contribution in [0.3, 0.4) is 0 Å². The molecule has 3 aromatic rings. The van der Waals surface area contributed by atoms with E-state index in [2.05, 4.69) is 49.7 Å². The molecule has 0 aliphatic carbocycles. The van der Waals surface area contributed by atoms with Crippen molar-refractivity contribution in [2.75, 3.05) is 50.2 Å². The van der Waals surface area contributed by atoms with Gasteiger partial charge in [-0.1, -0.05) is 12.1 Å². The Balaban J connectivity index is 1.54. The molecule has 1 aliphatic heterocycles. The number of nitrogens with zero attached hydrogens (tertiary/aromatic N) is 3. The van der Waals surface area contributed by atoms with E-state index in [1.165, 1.54) is 29.2 Å². The third-order valence-electron chi connectivity index (χ3n) is 5.61. The van der Waals surface area contributed by atoms with Crippen molar-refractivity contribution in [3.63, 3.8) is 0 Å². The molecule has 1 aromatic heterocycles. The van der Waals surface area contributed by atoms with E-state index in [-0.39, 0.29) is 11.8 Å². The number of rotatable bonds is 9. The number of ether oxygens (including phenoxy) is 1. The largest absolute Gasteiger partial charge is 0.378 e. The number of amides is 2. The summed E-state index contributed by atoms with van der Waals surface area (Å²) in [6.07, 6.45) is 0.723. The number of anilines is 1. The van der Waals surface area contributed by atoms with Crippen LogP contribution in [0.1, 0.15) is 6.42 Å². The fourth-order valence-electron chi connectivity index (χ4n) is 3.82. The van der Waals surface area contributed by atoms with Crippen LogP contribution < -0.4 is 20.3 Å². The molecular weight excluding hydrogens is 489 g/mol. The maximum Gasteiger partial charge on any atom is 0.314 e. The lowest BCUT2D eigenvalue weighted by Crippen LogP contribution is -2.37. The van der Waals surface area contributed by atoms with Crippen LogP contribution in [-0.2, 0) is 11.3 Å². The SMILES string of the molecule is O=C(NCCCl)NCCCn1c(-c2ccc(N3CCOCC3)cc2)cs/c1=N\c1ccc(F)cc1. The van der Waals surface area contributed by atoms with Crippen molar-refractivity contribution in [2.45, 2.75) is 13.0 Å². The Morgan fingerprint density at radius 2 is 1.77 bits per heavy atom. The van der Waals surface area contributed by atoms with Crippen molar-refractivity contribution in [1.82, 2.24) is 15.2 Å². The first-order chi connectivity index (χ1) is 17.1. The van der Waals surface area contributed by atoms with Gasteiger partial charge in [0.25, 0.3) is 0 Å². The highest BCUT2D eigenvalue weighted by atomic mass is 35.5. The molecule has 0 saturated carbocycles. The van der Waals surface area contributed by atoms with Gasteiger partial charge in [-0.15, -0.1) is 22.9 Å². The number of hydrogen-bond acceptors (Lipinski definition) is 5. The molecule has 4 rings (SSSR count). The summed E-state index contributed by atoms with van der Waals surface area (Å²) in [5, 5.41) is 7.64. The van der Waals surface area contributed by atoms with Crippen LogP contribution in [0.4, 0.5) is 20.6 Å². The molecule has 10 heteroatoms. The number of carbonyl (C=O) groups excluding carboxylic acids is 1. The van der Waals surface area contributed by atoms with Gasteiger partial charge in [-0.2, -0.15) is 0 Å².